The molecule has 1 N–H and O–H groups in total. The fraction of sp³-hybridized carbons (Fsp3) is 0.333. The number of amides is 2. The number of benzene rings is 3. The van der Waals surface area contributed by atoms with Crippen LogP contribution in [0, 0.1) is 0 Å². The van der Waals surface area contributed by atoms with Gasteiger partial charge in [0.15, 0.2) is 0 Å². The van der Waals surface area contributed by atoms with Gasteiger partial charge in [0.2, 0.25) is 11.8 Å². The van der Waals surface area contributed by atoms with Crippen molar-refractivity contribution in [2.24, 2.45) is 0 Å². The van der Waals surface area contributed by atoms with Crippen molar-refractivity contribution in [2.75, 3.05) is 25.1 Å². The molecule has 2 atom stereocenters. The third kappa shape index (κ3) is 7.71. The third-order valence-electron chi connectivity index (χ3n) is 6.75. The Balaban J connectivity index is 2.08. The number of carbonyl (C=O) groups is 2. The maximum absolute atomic E-state index is 14.1. The first-order chi connectivity index (χ1) is 19.5. The number of halogens is 1. The summed E-state index contributed by atoms with van der Waals surface area (Å²) in [5, 5.41) is 3.33. The van der Waals surface area contributed by atoms with E-state index in [9.17, 15) is 18.0 Å². The van der Waals surface area contributed by atoms with Gasteiger partial charge in [-0.05, 0) is 68.3 Å². The number of anilines is 1. The Bertz CT molecular complexity index is 1450. The Labute approximate surface area is 247 Å². The van der Waals surface area contributed by atoms with E-state index in [1.807, 2.05) is 13.8 Å². The number of rotatable bonds is 13. The van der Waals surface area contributed by atoms with Crippen molar-refractivity contribution >= 4 is 39.1 Å². The average molecular weight is 602 g/mol. The highest BCUT2D eigenvalue weighted by atomic mass is 35.5. The van der Waals surface area contributed by atoms with Crippen LogP contribution < -0.4 is 19.1 Å². The lowest BCUT2D eigenvalue weighted by molar-refractivity contribution is -0.139. The number of ether oxygens (including phenoxy) is 2. The van der Waals surface area contributed by atoms with E-state index in [1.165, 1.54) is 43.4 Å². The maximum Gasteiger partial charge on any atom is 0.264 e. The Morgan fingerprint density at radius 2 is 1.56 bits per heavy atom. The second kappa shape index (κ2) is 14.2. The van der Waals surface area contributed by atoms with Gasteiger partial charge in [0.1, 0.15) is 24.1 Å². The van der Waals surface area contributed by atoms with E-state index >= 15 is 0 Å². The zero-order valence-corrected chi connectivity index (χ0v) is 25.4. The molecule has 220 valence electrons. The largest absolute Gasteiger partial charge is 0.497 e. The van der Waals surface area contributed by atoms with Crippen LogP contribution in [0.1, 0.15) is 32.8 Å². The molecule has 3 rings (SSSR count). The molecule has 0 aliphatic rings. The van der Waals surface area contributed by atoms with Gasteiger partial charge in [0, 0.05) is 17.6 Å². The van der Waals surface area contributed by atoms with E-state index in [0.717, 1.165) is 4.31 Å². The van der Waals surface area contributed by atoms with E-state index in [-0.39, 0.29) is 34.8 Å². The molecular formula is C30H36ClN3O6S. The first-order valence-corrected chi connectivity index (χ1v) is 15.0. The first kappa shape index (κ1) is 31.8. The van der Waals surface area contributed by atoms with Crippen LogP contribution in [-0.2, 0) is 26.2 Å². The van der Waals surface area contributed by atoms with Gasteiger partial charge in [-0.2, -0.15) is 0 Å². The molecule has 3 aromatic carbocycles. The number of carbonyl (C=O) groups excluding carboxylic acids is 2. The van der Waals surface area contributed by atoms with E-state index < -0.39 is 28.5 Å². The summed E-state index contributed by atoms with van der Waals surface area (Å²) in [5.74, 6) is -0.213. The molecule has 0 saturated heterocycles. The highest BCUT2D eigenvalue weighted by Gasteiger charge is 2.34. The molecule has 0 aliphatic carbocycles. The van der Waals surface area contributed by atoms with Gasteiger partial charge in [-0.25, -0.2) is 8.42 Å². The number of nitrogens with zero attached hydrogens (tertiary/aromatic N) is 2. The summed E-state index contributed by atoms with van der Waals surface area (Å²) in [5.41, 5.74) is 0.793. The Hall–Kier alpha value is -3.76. The number of hydrogen-bond acceptors (Lipinski definition) is 6. The van der Waals surface area contributed by atoms with Crippen molar-refractivity contribution in [3.05, 3.63) is 83.4 Å². The van der Waals surface area contributed by atoms with Crippen molar-refractivity contribution in [3.8, 4) is 11.5 Å². The molecule has 9 nitrogen and oxygen atoms in total. The molecule has 0 aromatic heterocycles. The Kier molecular flexibility index (Phi) is 11.0. The summed E-state index contributed by atoms with van der Waals surface area (Å²) < 4.78 is 39.7. The molecule has 0 unspecified atom stereocenters. The standard InChI is InChI=1S/C30H36ClN3O6S/c1-6-21(2)32-30(36)22(3)33(19-23-11-7-8-12-26(23)31)29(35)20-34(27-13-9-10-14-28(27)40-5)41(37,38)25-17-15-24(39-4)16-18-25/h7-18,21-22H,6,19-20H2,1-5H3,(H,32,36)/t21-,22+/m0/s1. The topological polar surface area (TPSA) is 105 Å². The molecule has 11 heteroatoms. The molecule has 0 radical (unpaired) electrons. The predicted octanol–water partition coefficient (Wildman–Crippen LogP) is 4.88. The summed E-state index contributed by atoms with van der Waals surface area (Å²) >= 11 is 6.41. The Morgan fingerprint density at radius 3 is 2.17 bits per heavy atom. The van der Waals surface area contributed by atoms with Crippen molar-refractivity contribution < 1.29 is 27.5 Å². The number of hydrogen-bond donors (Lipinski definition) is 1. The predicted molar refractivity (Wildman–Crippen MR) is 160 cm³/mol. The molecule has 0 aliphatic heterocycles. The quantitative estimate of drug-likeness (QED) is 0.299. The average Bonchev–Trinajstić information content (AvgIpc) is 2.98. The zero-order valence-electron chi connectivity index (χ0n) is 23.8. The van der Waals surface area contributed by atoms with Gasteiger partial charge in [0.25, 0.3) is 10.0 Å². The van der Waals surface area contributed by atoms with Crippen molar-refractivity contribution in [3.63, 3.8) is 0 Å². The van der Waals surface area contributed by atoms with Crippen LogP contribution in [0.5, 0.6) is 11.5 Å². The van der Waals surface area contributed by atoms with Crippen LogP contribution in [-0.4, -0.2) is 58.0 Å². The number of para-hydroxylation sites is 2. The molecule has 0 bridgehead atoms. The molecule has 0 heterocycles. The molecular weight excluding hydrogens is 566 g/mol. The SMILES string of the molecule is CC[C@H](C)NC(=O)[C@@H](C)N(Cc1ccccc1Cl)C(=O)CN(c1ccccc1OC)S(=O)(=O)c1ccc(OC)cc1. The Morgan fingerprint density at radius 1 is 0.927 bits per heavy atom. The zero-order chi connectivity index (χ0) is 30.2. The minimum atomic E-state index is -4.27. The van der Waals surface area contributed by atoms with Gasteiger partial charge in [-0.1, -0.05) is 48.9 Å². The van der Waals surface area contributed by atoms with Gasteiger partial charge in [0.05, 0.1) is 24.8 Å². The van der Waals surface area contributed by atoms with E-state index in [0.29, 0.717) is 22.8 Å². The number of methoxy groups -OCH3 is 2. The minimum Gasteiger partial charge on any atom is -0.497 e. The second-order valence-corrected chi connectivity index (χ2v) is 11.7. The molecule has 0 saturated carbocycles. The van der Waals surface area contributed by atoms with Gasteiger partial charge in [-0.3, -0.25) is 13.9 Å². The monoisotopic (exact) mass is 601 g/mol. The lowest BCUT2D eigenvalue weighted by atomic mass is 10.1. The van der Waals surface area contributed by atoms with Crippen LogP contribution in [0.4, 0.5) is 5.69 Å². The van der Waals surface area contributed by atoms with E-state index in [1.54, 1.807) is 55.5 Å². The molecule has 41 heavy (non-hydrogen) atoms. The van der Waals surface area contributed by atoms with Crippen LogP contribution in [0.15, 0.2) is 77.7 Å². The van der Waals surface area contributed by atoms with Gasteiger partial charge >= 0.3 is 0 Å². The molecule has 2 amide bonds. The highest BCUT2D eigenvalue weighted by Crippen LogP contribution is 2.33. The smallest absolute Gasteiger partial charge is 0.264 e. The highest BCUT2D eigenvalue weighted by molar-refractivity contribution is 7.92. The number of nitrogens with one attached hydrogen (secondary N) is 1. The van der Waals surface area contributed by atoms with Crippen molar-refractivity contribution in [1.82, 2.24) is 10.2 Å². The van der Waals surface area contributed by atoms with Gasteiger partial charge < -0.3 is 19.7 Å². The summed E-state index contributed by atoms with van der Waals surface area (Å²) in [6, 6.07) is 18.4. The lowest BCUT2D eigenvalue weighted by Crippen LogP contribution is -2.52. The van der Waals surface area contributed by atoms with Gasteiger partial charge in [-0.15, -0.1) is 0 Å². The van der Waals surface area contributed by atoms with Crippen molar-refractivity contribution in [2.45, 2.75) is 50.7 Å². The van der Waals surface area contributed by atoms with Crippen LogP contribution in [0.2, 0.25) is 5.02 Å². The van der Waals surface area contributed by atoms with Crippen molar-refractivity contribution in [1.29, 1.82) is 0 Å². The maximum atomic E-state index is 14.1. The summed E-state index contributed by atoms with van der Waals surface area (Å²) in [4.78, 5) is 28.5. The molecule has 0 fully saturated rings. The van der Waals surface area contributed by atoms with E-state index in [4.69, 9.17) is 21.1 Å². The fourth-order valence-corrected chi connectivity index (χ4v) is 5.70. The van der Waals surface area contributed by atoms with E-state index in [2.05, 4.69) is 5.32 Å². The molecule has 0 spiro atoms. The summed E-state index contributed by atoms with van der Waals surface area (Å²) in [6.07, 6.45) is 0.707. The third-order valence-corrected chi connectivity index (χ3v) is 8.89. The second-order valence-electron chi connectivity index (χ2n) is 9.47. The fourth-order valence-electron chi connectivity index (χ4n) is 4.08. The van der Waals surface area contributed by atoms with Crippen LogP contribution in [0.3, 0.4) is 0 Å². The normalized spacial score (nSPS) is 12.6. The minimum absolute atomic E-state index is 0.00402. The molecule has 3 aromatic rings. The van der Waals surface area contributed by atoms with Crippen LogP contribution >= 0.6 is 11.6 Å². The summed E-state index contributed by atoms with van der Waals surface area (Å²) in [7, 11) is -1.36. The van der Waals surface area contributed by atoms with Crippen LogP contribution in [0.25, 0.3) is 0 Å². The lowest BCUT2D eigenvalue weighted by Gasteiger charge is -2.33. The summed E-state index contributed by atoms with van der Waals surface area (Å²) in [6.45, 7) is 4.82. The first-order valence-electron chi connectivity index (χ1n) is 13.2. The number of sulfonamides is 1.